The zero-order valence-electron chi connectivity index (χ0n) is 7.92. The number of rotatable bonds is 2. The average molecular weight is 360 g/mol. The lowest BCUT2D eigenvalue weighted by Crippen LogP contribution is -2.19. The molecule has 1 aromatic rings. The molecular formula is C8H4F3IN2O3. The van der Waals surface area contributed by atoms with Gasteiger partial charge in [0.15, 0.2) is 0 Å². The summed E-state index contributed by atoms with van der Waals surface area (Å²) in [7, 11) is 0. The van der Waals surface area contributed by atoms with Crippen LogP contribution >= 0.6 is 22.6 Å². The van der Waals surface area contributed by atoms with E-state index < -0.39 is 37.4 Å². The quantitative estimate of drug-likeness (QED) is 0.499. The Morgan fingerprint density at radius 1 is 1.41 bits per heavy atom. The van der Waals surface area contributed by atoms with Crippen molar-refractivity contribution in [2.24, 2.45) is 5.73 Å². The number of hydrogen-bond acceptors (Lipinski definition) is 3. The van der Waals surface area contributed by atoms with Gasteiger partial charge >= 0.3 is 6.18 Å². The lowest BCUT2D eigenvalue weighted by molar-refractivity contribution is -0.385. The van der Waals surface area contributed by atoms with Gasteiger partial charge in [0.05, 0.1) is 10.5 Å². The van der Waals surface area contributed by atoms with Crippen LogP contribution < -0.4 is 5.73 Å². The number of nitrogens with zero attached hydrogens (tertiary/aromatic N) is 1. The Morgan fingerprint density at radius 2 is 1.94 bits per heavy atom. The summed E-state index contributed by atoms with van der Waals surface area (Å²) in [5.41, 5.74) is 2.25. The van der Waals surface area contributed by atoms with Gasteiger partial charge in [0.2, 0.25) is 0 Å². The molecule has 92 valence electrons. The highest BCUT2D eigenvalue weighted by molar-refractivity contribution is 14.1. The maximum Gasteiger partial charge on any atom is 0.417 e. The number of primary amides is 1. The van der Waals surface area contributed by atoms with Gasteiger partial charge in [0.25, 0.3) is 11.6 Å². The minimum Gasteiger partial charge on any atom is -0.365 e. The summed E-state index contributed by atoms with van der Waals surface area (Å²) < 4.78 is 36.9. The van der Waals surface area contributed by atoms with Crippen LogP contribution in [0.25, 0.3) is 0 Å². The maximum absolute atomic E-state index is 12.5. The Labute approximate surface area is 106 Å². The number of benzene rings is 1. The fourth-order valence-electron chi connectivity index (χ4n) is 1.17. The van der Waals surface area contributed by atoms with E-state index in [1.54, 1.807) is 0 Å². The van der Waals surface area contributed by atoms with E-state index in [0.717, 1.165) is 0 Å². The molecule has 0 aliphatic rings. The number of amides is 1. The van der Waals surface area contributed by atoms with Crippen LogP contribution in [0.4, 0.5) is 18.9 Å². The summed E-state index contributed by atoms with van der Waals surface area (Å²) in [6.45, 7) is 0. The fourth-order valence-corrected chi connectivity index (χ4v) is 2.20. The van der Waals surface area contributed by atoms with E-state index in [1.807, 2.05) is 0 Å². The molecule has 0 unspecified atom stereocenters. The summed E-state index contributed by atoms with van der Waals surface area (Å²) in [5.74, 6) is -1.27. The number of nitro groups is 1. The second-order valence-electron chi connectivity index (χ2n) is 2.94. The number of nitro benzene ring substituents is 1. The number of alkyl halides is 3. The third-order valence-corrected chi connectivity index (χ3v) is 2.99. The van der Waals surface area contributed by atoms with Crippen molar-refractivity contribution in [2.45, 2.75) is 6.18 Å². The first kappa shape index (κ1) is 13.7. The minimum atomic E-state index is -4.70. The Morgan fingerprint density at radius 3 is 2.29 bits per heavy atom. The average Bonchev–Trinajstić information content (AvgIpc) is 2.13. The van der Waals surface area contributed by atoms with Gasteiger partial charge < -0.3 is 5.73 Å². The van der Waals surface area contributed by atoms with E-state index >= 15 is 0 Å². The molecule has 0 fully saturated rings. The third-order valence-electron chi connectivity index (χ3n) is 1.87. The molecule has 2 N–H and O–H groups in total. The zero-order valence-corrected chi connectivity index (χ0v) is 10.1. The topological polar surface area (TPSA) is 86.2 Å². The van der Waals surface area contributed by atoms with Gasteiger partial charge in [-0.1, -0.05) is 0 Å². The summed E-state index contributed by atoms with van der Waals surface area (Å²) in [6, 6.07) is 1.16. The van der Waals surface area contributed by atoms with E-state index in [9.17, 15) is 28.1 Å². The van der Waals surface area contributed by atoms with Gasteiger partial charge in [0.1, 0.15) is 5.56 Å². The molecule has 0 radical (unpaired) electrons. The van der Waals surface area contributed by atoms with Crippen molar-refractivity contribution in [3.8, 4) is 0 Å². The van der Waals surface area contributed by atoms with Crippen molar-refractivity contribution in [1.29, 1.82) is 0 Å². The molecule has 1 amide bonds. The molecule has 17 heavy (non-hydrogen) atoms. The molecule has 0 heterocycles. The molecule has 0 aliphatic carbocycles. The van der Waals surface area contributed by atoms with E-state index in [-0.39, 0.29) is 0 Å². The van der Waals surface area contributed by atoms with Crippen LogP contribution in [0.3, 0.4) is 0 Å². The van der Waals surface area contributed by atoms with Crippen LogP contribution in [0.15, 0.2) is 12.1 Å². The van der Waals surface area contributed by atoms with Gasteiger partial charge in [-0.15, -0.1) is 0 Å². The molecule has 9 heteroatoms. The minimum absolute atomic E-state index is 0.548. The predicted octanol–water partition coefficient (Wildman–Crippen LogP) is 2.32. The molecule has 0 spiro atoms. The molecule has 0 saturated heterocycles. The highest BCUT2D eigenvalue weighted by Gasteiger charge is 2.37. The van der Waals surface area contributed by atoms with E-state index in [4.69, 9.17) is 5.73 Å². The Hall–Kier alpha value is -1.39. The lowest BCUT2D eigenvalue weighted by Gasteiger charge is -2.11. The van der Waals surface area contributed by atoms with Gasteiger partial charge in [-0.2, -0.15) is 13.2 Å². The molecule has 0 aromatic heterocycles. The van der Waals surface area contributed by atoms with E-state index in [0.29, 0.717) is 12.1 Å². The smallest absolute Gasteiger partial charge is 0.365 e. The number of hydrogen-bond donors (Lipinski definition) is 1. The van der Waals surface area contributed by atoms with Crippen LogP contribution in [-0.2, 0) is 6.18 Å². The number of carbonyl (C=O) groups is 1. The van der Waals surface area contributed by atoms with Crippen molar-refractivity contribution in [3.05, 3.63) is 36.9 Å². The summed E-state index contributed by atoms with van der Waals surface area (Å²) >= 11 is 1.22. The van der Waals surface area contributed by atoms with Gasteiger partial charge in [-0.3, -0.25) is 14.9 Å². The molecule has 1 aromatic carbocycles. The molecule has 5 nitrogen and oxygen atoms in total. The highest BCUT2D eigenvalue weighted by atomic mass is 127. The number of halogens is 4. The zero-order chi connectivity index (χ0) is 13.4. The molecule has 0 aliphatic heterocycles. The monoisotopic (exact) mass is 360 g/mol. The van der Waals surface area contributed by atoms with Gasteiger partial charge in [-0.05, 0) is 28.7 Å². The maximum atomic E-state index is 12.5. The van der Waals surface area contributed by atoms with Crippen LogP contribution in [-0.4, -0.2) is 10.8 Å². The standard InChI is InChI=1S/C8H4F3IN2O3/c9-8(10,11)3-1-2-4(14(16)17)5(6(3)12)7(13)15/h1-2H,(H2,13,15). The summed E-state index contributed by atoms with van der Waals surface area (Å²) in [5, 5.41) is 10.6. The van der Waals surface area contributed by atoms with E-state index in [1.165, 1.54) is 22.6 Å². The van der Waals surface area contributed by atoms with Crippen molar-refractivity contribution >= 4 is 34.2 Å². The summed E-state index contributed by atoms with van der Waals surface area (Å²) in [4.78, 5) is 20.6. The van der Waals surface area contributed by atoms with Crippen molar-refractivity contribution in [3.63, 3.8) is 0 Å². The molecule has 0 atom stereocenters. The van der Waals surface area contributed by atoms with Crippen LogP contribution in [0, 0.1) is 13.7 Å². The fraction of sp³-hybridized carbons (Fsp3) is 0.125. The largest absolute Gasteiger partial charge is 0.417 e. The first-order valence-electron chi connectivity index (χ1n) is 4.00. The SMILES string of the molecule is NC(=O)c1c([N+](=O)[O-])ccc(C(F)(F)F)c1I. The van der Waals surface area contributed by atoms with Crippen LogP contribution in [0.1, 0.15) is 15.9 Å². The van der Waals surface area contributed by atoms with Crippen LogP contribution in [0.2, 0.25) is 0 Å². The third kappa shape index (κ3) is 2.65. The van der Waals surface area contributed by atoms with Crippen molar-refractivity contribution in [2.75, 3.05) is 0 Å². The van der Waals surface area contributed by atoms with Crippen molar-refractivity contribution in [1.82, 2.24) is 0 Å². The first-order valence-corrected chi connectivity index (χ1v) is 5.08. The summed E-state index contributed by atoms with van der Waals surface area (Å²) in [6.07, 6.45) is -4.70. The second kappa shape index (κ2) is 4.47. The molecule has 0 saturated carbocycles. The van der Waals surface area contributed by atoms with Gasteiger partial charge in [0, 0.05) is 9.64 Å². The molecular weight excluding hydrogens is 356 g/mol. The number of nitrogens with two attached hydrogens (primary N) is 1. The predicted molar refractivity (Wildman–Crippen MR) is 59.3 cm³/mol. The Balaban J connectivity index is 3.61. The van der Waals surface area contributed by atoms with E-state index in [2.05, 4.69) is 0 Å². The first-order chi connectivity index (χ1) is 7.66. The second-order valence-corrected chi connectivity index (χ2v) is 4.02. The van der Waals surface area contributed by atoms with Crippen molar-refractivity contribution < 1.29 is 22.9 Å². The molecule has 0 bridgehead atoms. The molecule has 1 rings (SSSR count). The number of carbonyl (C=O) groups excluding carboxylic acids is 1. The lowest BCUT2D eigenvalue weighted by atomic mass is 10.1. The normalized spacial score (nSPS) is 11.3. The van der Waals surface area contributed by atoms with Crippen LogP contribution in [0.5, 0.6) is 0 Å². The van der Waals surface area contributed by atoms with Gasteiger partial charge in [-0.25, -0.2) is 0 Å². The highest BCUT2D eigenvalue weighted by Crippen LogP contribution is 2.37. The Kier molecular flexibility index (Phi) is 3.59. The Bertz CT molecular complexity index is 502.